The van der Waals surface area contributed by atoms with Crippen LogP contribution in [-0.4, -0.2) is 38.9 Å². The minimum Gasteiger partial charge on any atom is -0.497 e. The highest BCUT2D eigenvalue weighted by Gasteiger charge is 2.16. The molecule has 2 N–H and O–H groups in total. The molecule has 0 saturated carbocycles. The Labute approximate surface area is 214 Å². The molecule has 3 aromatic carbocycles. The van der Waals surface area contributed by atoms with Gasteiger partial charge in [0.15, 0.2) is 11.5 Å². The number of nitrogens with one attached hydrogen (secondary N) is 2. The van der Waals surface area contributed by atoms with Gasteiger partial charge in [0.05, 0.1) is 32.7 Å². The first-order valence-electron chi connectivity index (χ1n) is 10.9. The van der Waals surface area contributed by atoms with Crippen molar-refractivity contribution in [3.63, 3.8) is 0 Å². The quantitative estimate of drug-likeness (QED) is 0.237. The molecule has 188 valence electrons. The zero-order valence-electron chi connectivity index (χ0n) is 20.0. The summed E-state index contributed by atoms with van der Waals surface area (Å²) in [4.78, 5) is 24.5. The predicted octanol–water partition coefficient (Wildman–Crippen LogP) is 4.42. The number of carbonyl (C=O) groups is 2. The summed E-state index contributed by atoms with van der Waals surface area (Å²) >= 11 is 6.19. The number of anilines is 1. The van der Waals surface area contributed by atoms with E-state index in [9.17, 15) is 9.59 Å². The van der Waals surface area contributed by atoms with E-state index in [4.69, 9.17) is 30.5 Å². The number of hydrazone groups is 1. The highest BCUT2D eigenvalue weighted by atomic mass is 35.5. The number of nitrogens with zero attached hydrogens (tertiary/aromatic N) is 1. The van der Waals surface area contributed by atoms with Crippen molar-refractivity contribution in [2.45, 2.75) is 13.5 Å². The Morgan fingerprint density at radius 3 is 2.42 bits per heavy atom. The molecule has 3 rings (SSSR count). The third kappa shape index (κ3) is 7.13. The Balaban J connectivity index is 1.62. The molecule has 0 heterocycles. The van der Waals surface area contributed by atoms with Crippen LogP contribution in [-0.2, 0) is 16.2 Å². The van der Waals surface area contributed by atoms with Gasteiger partial charge in [0.25, 0.3) is 0 Å². The molecule has 0 aliphatic carbocycles. The molecule has 36 heavy (non-hydrogen) atoms. The van der Waals surface area contributed by atoms with Crippen LogP contribution in [0.25, 0.3) is 0 Å². The molecule has 0 aliphatic heterocycles. The first-order chi connectivity index (χ1) is 17.4. The summed E-state index contributed by atoms with van der Waals surface area (Å²) in [6.45, 7) is 2.55. The smallest absolute Gasteiger partial charge is 0.329 e. The van der Waals surface area contributed by atoms with E-state index >= 15 is 0 Å². The normalized spacial score (nSPS) is 10.6. The van der Waals surface area contributed by atoms with E-state index in [-0.39, 0.29) is 12.3 Å². The summed E-state index contributed by atoms with van der Waals surface area (Å²) in [7, 11) is 2.94. The van der Waals surface area contributed by atoms with Crippen LogP contribution in [0.1, 0.15) is 18.1 Å². The van der Waals surface area contributed by atoms with Crippen LogP contribution < -0.4 is 29.7 Å². The average molecular weight is 512 g/mol. The zero-order chi connectivity index (χ0) is 25.9. The van der Waals surface area contributed by atoms with Crippen LogP contribution in [0.2, 0.25) is 5.02 Å². The Bertz CT molecular complexity index is 1250. The number of hydrogen-bond donors (Lipinski definition) is 2. The van der Waals surface area contributed by atoms with Gasteiger partial charge in [-0.3, -0.25) is 9.59 Å². The van der Waals surface area contributed by atoms with Gasteiger partial charge in [0, 0.05) is 16.7 Å². The van der Waals surface area contributed by atoms with Crippen molar-refractivity contribution in [3.8, 4) is 23.0 Å². The molecule has 0 aliphatic rings. The van der Waals surface area contributed by atoms with E-state index in [1.54, 1.807) is 36.4 Å². The third-order valence-corrected chi connectivity index (χ3v) is 5.22. The van der Waals surface area contributed by atoms with E-state index in [0.717, 1.165) is 5.56 Å². The summed E-state index contributed by atoms with van der Waals surface area (Å²) < 4.78 is 21.9. The van der Waals surface area contributed by atoms with E-state index in [2.05, 4.69) is 15.8 Å². The molecule has 10 heteroatoms. The van der Waals surface area contributed by atoms with Gasteiger partial charge in [-0.1, -0.05) is 29.8 Å². The number of halogens is 1. The van der Waals surface area contributed by atoms with E-state index in [0.29, 0.717) is 40.2 Å². The predicted molar refractivity (Wildman–Crippen MR) is 137 cm³/mol. The van der Waals surface area contributed by atoms with Crippen LogP contribution in [0.15, 0.2) is 65.8 Å². The fourth-order valence-electron chi connectivity index (χ4n) is 3.07. The summed E-state index contributed by atoms with van der Waals surface area (Å²) in [5.74, 6) is 0.0276. The van der Waals surface area contributed by atoms with Crippen LogP contribution in [0.3, 0.4) is 0 Å². The maximum atomic E-state index is 12.3. The number of rotatable bonds is 10. The highest BCUT2D eigenvalue weighted by molar-refractivity contribution is 6.39. The first-order valence-corrected chi connectivity index (χ1v) is 11.3. The van der Waals surface area contributed by atoms with Crippen LogP contribution in [0, 0.1) is 0 Å². The lowest BCUT2D eigenvalue weighted by Crippen LogP contribution is -2.32. The van der Waals surface area contributed by atoms with Crippen molar-refractivity contribution in [2.24, 2.45) is 5.10 Å². The molecule has 0 bridgehead atoms. The van der Waals surface area contributed by atoms with Gasteiger partial charge < -0.3 is 24.3 Å². The van der Waals surface area contributed by atoms with Gasteiger partial charge in [-0.25, -0.2) is 5.43 Å². The van der Waals surface area contributed by atoms with Crippen LogP contribution in [0.4, 0.5) is 5.69 Å². The summed E-state index contributed by atoms with van der Waals surface area (Å²) in [5.41, 5.74) is 3.95. The van der Waals surface area contributed by atoms with Crippen molar-refractivity contribution in [3.05, 3.63) is 76.8 Å². The maximum Gasteiger partial charge on any atom is 0.329 e. The first kappa shape index (κ1) is 26.4. The zero-order valence-corrected chi connectivity index (χ0v) is 20.8. The van der Waals surface area contributed by atoms with E-state index in [1.165, 1.54) is 26.5 Å². The van der Waals surface area contributed by atoms with Gasteiger partial charge in [-0.2, -0.15) is 5.10 Å². The van der Waals surface area contributed by atoms with Crippen molar-refractivity contribution in [1.82, 2.24) is 5.43 Å². The summed E-state index contributed by atoms with van der Waals surface area (Å²) in [6, 6.07) is 17.4. The molecular formula is C26H26ClN3O6. The Morgan fingerprint density at radius 1 is 0.917 bits per heavy atom. The van der Waals surface area contributed by atoms with E-state index in [1.807, 2.05) is 25.1 Å². The SMILES string of the molecule is CCOc1cc(C=NNC(=O)C(=O)Nc2cc(OC)ccc2OC)ccc1OCc1ccccc1Cl. The summed E-state index contributed by atoms with van der Waals surface area (Å²) in [6.07, 6.45) is 1.39. The Morgan fingerprint density at radius 2 is 1.69 bits per heavy atom. The van der Waals surface area contributed by atoms with Gasteiger partial charge in [0.2, 0.25) is 0 Å². The van der Waals surface area contributed by atoms with E-state index < -0.39 is 11.8 Å². The second kappa shape index (κ2) is 13.0. The van der Waals surface area contributed by atoms with Crippen LogP contribution >= 0.6 is 11.6 Å². The van der Waals surface area contributed by atoms with Crippen LogP contribution in [0.5, 0.6) is 23.0 Å². The molecule has 0 fully saturated rings. The summed E-state index contributed by atoms with van der Waals surface area (Å²) in [5, 5.41) is 6.95. The number of benzene rings is 3. The fourth-order valence-corrected chi connectivity index (χ4v) is 3.26. The minimum absolute atomic E-state index is 0.274. The minimum atomic E-state index is -0.958. The van der Waals surface area contributed by atoms with Gasteiger partial charge in [-0.15, -0.1) is 0 Å². The fraction of sp³-hybridized carbons (Fsp3) is 0.192. The standard InChI is InChI=1S/C26H26ClN3O6/c1-4-35-24-13-17(9-11-23(24)36-16-18-7-5-6-8-20(18)27)15-28-30-26(32)25(31)29-21-14-19(33-2)10-12-22(21)34-3/h5-15H,4,16H2,1-3H3,(H,29,31)(H,30,32). The topological polar surface area (TPSA) is 107 Å². The number of carbonyl (C=O) groups excluding carboxylic acids is 2. The number of methoxy groups -OCH3 is 2. The van der Waals surface area contributed by atoms with Crippen molar-refractivity contribution >= 4 is 35.3 Å². The molecule has 3 aromatic rings. The number of ether oxygens (including phenoxy) is 4. The molecule has 0 spiro atoms. The van der Waals surface area contributed by atoms with Gasteiger partial charge >= 0.3 is 11.8 Å². The molecule has 0 radical (unpaired) electrons. The van der Waals surface area contributed by atoms with Crippen molar-refractivity contribution in [2.75, 3.05) is 26.1 Å². The lowest BCUT2D eigenvalue weighted by atomic mass is 10.2. The molecule has 0 saturated heterocycles. The Hall–Kier alpha value is -4.24. The molecule has 0 aromatic heterocycles. The largest absolute Gasteiger partial charge is 0.497 e. The average Bonchev–Trinajstić information content (AvgIpc) is 2.89. The second-order valence-corrected chi connectivity index (χ2v) is 7.65. The highest BCUT2D eigenvalue weighted by Crippen LogP contribution is 2.30. The van der Waals surface area contributed by atoms with Crippen molar-refractivity contribution in [1.29, 1.82) is 0 Å². The number of hydrogen-bond acceptors (Lipinski definition) is 7. The molecular weight excluding hydrogens is 486 g/mol. The lowest BCUT2D eigenvalue weighted by molar-refractivity contribution is -0.136. The molecule has 0 atom stereocenters. The molecule has 0 unspecified atom stereocenters. The number of amides is 2. The second-order valence-electron chi connectivity index (χ2n) is 7.24. The van der Waals surface area contributed by atoms with Gasteiger partial charge in [-0.05, 0) is 48.9 Å². The monoisotopic (exact) mass is 511 g/mol. The third-order valence-electron chi connectivity index (χ3n) is 4.85. The Kier molecular flexibility index (Phi) is 9.53. The van der Waals surface area contributed by atoms with Gasteiger partial charge in [0.1, 0.15) is 18.1 Å². The molecule has 9 nitrogen and oxygen atoms in total. The maximum absolute atomic E-state index is 12.3. The lowest BCUT2D eigenvalue weighted by Gasteiger charge is -2.13. The van der Waals surface area contributed by atoms with Crippen molar-refractivity contribution < 1.29 is 28.5 Å². The molecule has 2 amide bonds.